The third-order valence-electron chi connectivity index (χ3n) is 4.03. The normalized spacial score (nSPS) is 24.9. The summed E-state index contributed by atoms with van der Waals surface area (Å²) < 4.78 is 0. The summed E-state index contributed by atoms with van der Waals surface area (Å²) >= 11 is 0. The Hall–Kier alpha value is -1.02. The van der Waals surface area contributed by atoms with E-state index < -0.39 is 0 Å². The number of hydrogen-bond acceptors (Lipinski definition) is 2. The zero-order valence-electron chi connectivity index (χ0n) is 9.78. The van der Waals surface area contributed by atoms with Gasteiger partial charge in [-0.25, -0.2) is 0 Å². The van der Waals surface area contributed by atoms with Crippen molar-refractivity contribution < 1.29 is 0 Å². The van der Waals surface area contributed by atoms with Crippen molar-refractivity contribution in [3.63, 3.8) is 0 Å². The van der Waals surface area contributed by atoms with Gasteiger partial charge in [-0.3, -0.25) is 0 Å². The molecule has 1 unspecified atom stereocenters. The van der Waals surface area contributed by atoms with Gasteiger partial charge < -0.3 is 10.6 Å². The van der Waals surface area contributed by atoms with Crippen LogP contribution in [0.25, 0.3) is 0 Å². The first-order valence-corrected chi connectivity index (χ1v) is 6.41. The molecule has 1 atom stereocenters. The molecule has 1 aromatic carbocycles. The Kier molecular flexibility index (Phi) is 2.60. The van der Waals surface area contributed by atoms with Gasteiger partial charge in [0.25, 0.3) is 0 Å². The highest BCUT2D eigenvalue weighted by Crippen LogP contribution is 2.31. The third kappa shape index (κ3) is 1.82. The maximum absolute atomic E-state index is 6.03. The van der Waals surface area contributed by atoms with E-state index in [1.165, 1.54) is 56.4 Å². The van der Waals surface area contributed by atoms with Gasteiger partial charge in [0, 0.05) is 12.2 Å². The highest BCUT2D eigenvalue weighted by atomic mass is 15.1. The molecular weight excluding hydrogens is 196 g/mol. The average Bonchev–Trinajstić information content (AvgIpc) is 2.88. The van der Waals surface area contributed by atoms with Crippen molar-refractivity contribution in [1.82, 2.24) is 4.90 Å². The van der Waals surface area contributed by atoms with Crippen LogP contribution in [-0.2, 0) is 12.8 Å². The second-order valence-electron chi connectivity index (χ2n) is 5.27. The van der Waals surface area contributed by atoms with Crippen LogP contribution in [0.1, 0.15) is 24.0 Å². The Morgan fingerprint density at radius 2 is 2.00 bits per heavy atom. The number of fused-ring (bicyclic) bond motifs is 1. The van der Waals surface area contributed by atoms with Crippen molar-refractivity contribution in [3.05, 3.63) is 29.3 Å². The summed E-state index contributed by atoms with van der Waals surface area (Å²) in [6, 6.07) is 6.37. The summed E-state index contributed by atoms with van der Waals surface area (Å²) in [6.45, 7) is 3.89. The van der Waals surface area contributed by atoms with Crippen LogP contribution in [0, 0.1) is 5.92 Å². The van der Waals surface area contributed by atoms with Crippen molar-refractivity contribution in [3.8, 4) is 0 Å². The summed E-state index contributed by atoms with van der Waals surface area (Å²) in [6.07, 6.45) is 5.21. The van der Waals surface area contributed by atoms with Gasteiger partial charge in [-0.2, -0.15) is 0 Å². The van der Waals surface area contributed by atoms with Crippen molar-refractivity contribution in [1.29, 1.82) is 0 Å². The van der Waals surface area contributed by atoms with Crippen LogP contribution >= 0.6 is 0 Å². The average molecular weight is 216 g/mol. The van der Waals surface area contributed by atoms with Crippen molar-refractivity contribution in [2.45, 2.75) is 25.7 Å². The van der Waals surface area contributed by atoms with Crippen molar-refractivity contribution in [2.75, 3.05) is 25.4 Å². The number of hydrogen-bond donors (Lipinski definition) is 1. The fourth-order valence-corrected chi connectivity index (χ4v) is 3.23. The minimum atomic E-state index is 0.804. The van der Waals surface area contributed by atoms with Gasteiger partial charge in [-0.15, -0.1) is 0 Å². The van der Waals surface area contributed by atoms with E-state index in [2.05, 4.69) is 17.0 Å². The molecule has 0 spiro atoms. The molecule has 1 aliphatic carbocycles. The SMILES string of the molecule is Nc1cccc2c1CC(CN1CCCC1)C2. The number of nitrogens with zero attached hydrogens (tertiary/aromatic N) is 1. The molecule has 2 aliphatic rings. The van der Waals surface area contributed by atoms with Crippen LogP contribution in [0.4, 0.5) is 5.69 Å². The molecule has 0 saturated carbocycles. The smallest absolute Gasteiger partial charge is 0.0349 e. The molecule has 16 heavy (non-hydrogen) atoms. The molecule has 0 radical (unpaired) electrons. The summed E-state index contributed by atoms with van der Waals surface area (Å²) in [5.74, 6) is 0.804. The van der Waals surface area contributed by atoms with E-state index in [0.717, 1.165) is 11.6 Å². The molecule has 0 bridgehead atoms. The topological polar surface area (TPSA) is 29.3 Å². The van der Waals surface area contributed by atoms with Gasteiger partial charge in [-0.1, -0.05) is 12.1 Å². The van der Waals surface area contributed by atoms with Crippen LogP contribution in [0.3, 0.4) is 0 Å². The first-order valence-electron chi connectivity index (χ1n) is 6.41. The quantitative estimate of drug-likeness (QED) is 0.767. The number of likely N-dealkylation sites (tertiary alicyclic amines) is 1. The van der Waals surface area contributed by atoms with Crippen LogP contribution in [0.15, 0.2) is 18.2 Å². The minimum Gasteiger partial charge on any atom is -0.398 e. The maximum Gasteiger partial charge on any atom is 0.0349 e. The van der Waals surface area contributed by atoms with E-state index >= 15 is 0 Å². The number of nitrogens with two attached hydrogens (primary N) is 1. The molecule has 1 saturated heterocycles. The Labute approximate surface area is 97.4 Å². The summed E-state index contributed by atoms with van der Waals surface area (Å²) in [5, 5.41) is 0. The van der Waals surface area contributed by atoms with Crippen LogP contribution in [0.2, 0.25) is 0 Å². The molecule has 2 nitrogen and oxygen atoms in total. The fourth-order valence-electron chi connectivity index (χ4n) is 3.23. The predicted octanol–water partition coefficient (Wildman–Crippen LogP) is 2.08. The van der Waals surface area contributed by atoms with Gasteiger partial charge in [0.2, 0.25) is 0 Å². The lowest BCUT2D eigenvalue weighted by Crippen LogP contribution is -2.26. The number of benzene rings is 1. The number of anilines is 1. The Morgan fingerprint density at radius 3 is 2.75 bits per heavy atom. The Balaban J connectivity index is 1.68. The monoisotopic (exact) mass is 216 g/mol. The van der Waals surface area contributed by atoms with Gasteiger partial charge in [0.1, 0.15) is 0 Å². The molecule has 0 amide bonds. The van der Waals surface area contributed by atoms with Crippen LogP contribution in [-0.4, -0.2) is 24.5 Å². The number of rotatable bonds is 2. The third-order valence-corrected chi connectivity index (χ3v) is 4.03. The van der Waals surface area contributed by atoms with E-state index in [1.807, 2.05) is 6.07 Å². The standard InChI is InChI=1S/C14H20N2/c15-14-5-3-4-12-8-11(9-13(12)14)10-16-6-1-2-7-16/h3-5,11H,1-2,6-10,15H2. The zero-order chi connectivity index (χ0) is 11.0. The molecule has 1 fully saturated rings. The summed E-state index contributed by atoms with van der Waals surface area (Å²) in [5.41, 5.74) is 9.94. The van der Waals surface area contributed by atoms with Gasteiger partial charge in [-0.05, 0) is 61.9 Å². The zero-order valence-corrected chi connectivity index (χ0v) is 9.78. The van der Waals surface area contributed by atoms with Gasteiger partial charge >= 0.3 is 0 Å². The highest BCUT2D eigenvalue weighted by Gasteiger charge is 2.25. The predicted molar refractivity (Wildman–Crippen MR) is 67.4 cm³/mol. The fraction of sp³-hybridized carbons (Fsp3) is 0.571. The number of nitrogen functional groups attached to an aromatic ring is 1. The molecule has 1 aromatic rings. The molecule has 1 aliphatic heterocycles. The Bertz CT molecular complexity index is 380. The van der Waals surface area contributed by atoms with E-state index in [-0.39, 0.29) is 0 Å². The first-order chi connectivity index (χ1) is 7.83. The minimum absolute atomic E-state index is 0.804. The second kappa shape index (κ2) is 4.10. The lowest BCUT2D eigenvalue weighted by molar-refractivity contribution is 0.282. The molecular formula is C14H20N2. The maximum atomic E-state index is 6.03. The lowest BCUT2D eigenvalue weighted by atomic mass is 10.1. The van der Waals surface area contributed by atoms with Gasteiger partial charge in [0.05, 0.1) is 0 Å². The van der Waals surface area contributed by atoms with E-state index in [4.69, 9.17) is 5.73 Å². The molecule has 1 heterocycles. The first kappa shape index (κ1) is 10.2. The second-order valence-corrected chi connectivity index (χ2v) is 5.27. The van der Waals surface area contributed by atoms with Crippen LogP contribution < -0.4 is 5.73 Å². The van der Waals surface area contributed by atoms with E-state index in [0.29, 0.717) is 0 Å². The van der Waals surface area contributed by atoms with E-state index in [1.54, 1.807) is 0 Å². The molecule has 3 rings (SSSR count). The molecule has 0 aromatic heterocycles. The lowest BCUT2D eigenvalue weighted by Gasteiger charge is -2.19. The van der Waals surface area contributed by atoms with E-state index in [9.17, 15) is 0 Å². The molecule has 86 valence electrons. The van der Waals surface area contributed by atoms with Crippen molar-refractivity contribution in [2.24, 2.45) is 5.92 Å². The largest absolute Gasteiger partial charge is 0.398 e. The van der Waals surface area contributed by atoms with Gasteiger partial charge in [0.15, 0.2) is 0 Å². The summed E-state index contributed by atoms with van der Waals surface area (Å²) in [7, 11) is 0. The molecule has 2 heteroatoms. The molecule has 2 N–H and O–H groups in total. The van der Waals surface area contributed by atoms with Crippen LogP contribution in [0.5, 0.6) is 0 Å². The summed E-state index contributed by atoms with van der Waals surface area (Å²) in [4.78, 5) is 2.62. The van der Waals surface area contributed by atoms with Crippen molar-refractivity contribution >= 4 is 5.69 Å². The highest BCUT2D eigenvalue weighted by molar-refractivity contribution is 5.53. The Morgan fingerprint density at radius 1 is 1.19 bits per heavy atom.